The summed E-state index contributed by atoms with van der Waals surface area (Å²) in [4.78, 5) is 16.3. The summed E-state index contributed by atoms with van der Waals surface area (Å²) in [5.74, 6) is 1.17. The molecule has 0 bridgehead atoms. The Labute approximate surface area is 126 Å². The number of benzene rings is 1. The predicted molar refractivity (Wildman–Crippen MR) is 82.0 cm³/mol. The molecular formula is C15H16N4O3. The van der Waals surface area contributed by atoms with Crippen LogP contribution >= 0.6 is 0 Å². The highest BCUT2D eigenvalue weighted by molar-refractivity contribution is 6.01. The number of urea groups is 1. The minimum atomic E-state index is -0.361. The summed E-state index contributed by atoms with van der Waals surface area (Å²) in [5.41, 5.74) is 3.34. The zero-order valence-corrected chi connectivity index (χ0v) is 12.6. The van der Waals surface area contributed by atoms with Crippen LogP contribution in [0.2, 0.25) is 0 Å². The van der Waals surface area contributed by atoms with Crippen molar-refractivity contribution < 1.29 is 13.7 Å². The minimum absolute atomic E-state index is 0.361. The number of carbonyl (C=O) groups is 1. The van der Waals surface area contributed by atoms with Crippen molar-refractivity contribution in [3.05, 3.63) is 35.5 Å². The van der Waals surface area contributed by atoms with E-state index in [2.05, 4.69) is 20.8 Å². The van der Waals surface area contributed by atoms with Gasteiger partial charge in [-0.05, 0) is 31.5 Å². The molecule has 0 spiro atoms. The number of amides is 2. The zero-order chi connectivity index (χ0) is 15.7. The van der Waals surface area contributed by atoms with Crippen LogP contribution in [-0.2, 0) is 6.42 Å². The molecule has 1 aromatic carbocycles. The fourth-order valence-electron chi connectivity index (χ4n) is 2.22. The predicted octanol–water partition coefficient (Wildman–Crippen LogP) is 3.64. The molecule has 0 saturated heterocycles. The highest BCUT2D eigenvalue weighted by Crippen LogP contribution is 2.22. The number of carbonyl (C=O) groups excluding carboxylic acids is 1. The first-order valence-electron chi connectivity index (χ1n) is 6.97. The molecule has 3 aromatic rings. The summed E-state index contributed by atoms with van der Waals surface area (Å²) in [5, 5.41) is 9.42. The van der Waals surface area contributed by atoms with Gasteiger partial charge >= 0.3 is 6.03 Å². The van der Waals surface area contributed by atoms with Gasteiger partial charge in [-0.25, -0.2) is 9.78 Å². The summed E-state index contributed by atoms with van der Waals surface area (Å²) < 4.78 is 10.5. The van der Waals surface area contributed by atoms with E-state index in [1.54, 1.807) is 32.0 Å². The summed E-state index contributed by atoms with van der Waals surface area (Å²) in [6, 6.07) is 4.92. The molecule has 22 heavy (non-hydrogen) atoms. The largest absolute Gasteiger partial charge is 0.441 e. The number of aromatic nitrogens is 2. The van der Waals surface area contributed by atoms with Crippen molar-refractivity contribution in [3.8, 4) is 0 Å². The molecule has 2 heterocycles. The number of nitrogens with one attached hydrogen (secondary N) is 2. The van der Waals surface area contributed by atoms with Crippen molar-refractivity contribution in [1.82, 2.24) is 10.1 Å². The van der Waals surface area contributed by atoms with Crippen molar-refractivity contribution in [3.63, 3.8) is 0 Å². The maximum atomic E-state index is 12.1. The molecule has 3 rings (SSSR count). The van der Waals surface area contributed by atoms with Crippen LogP contribution in [0.4, 0.5) is 16.2 Å². The maximum Gasteiger partial charge on any atom is 0.323 e. The van der Waals surface area contributed by atoms with E-state index < -0.39 is 0 Å². The molecule has 114 valence electrons. The molecule has 0 radical (unpaired) electrons. The Hall–Kier alpha value is -2.83. The Morgan fingerprint density at radius 3 is 2.86 bits per heavy atom. The maximum absolute atomic E-state index is 12.1. The van der Waals surface area contributed by atoms with Gasteiger partial charge in [-0.3, -0.25) is 0 Å². The van der Waals surface area contributed by atoms with Gasteiger partial charge in [-0.15, -0.1) is 0 Å². The van der Waals surface area contributed by atoms with Crippen LogP contribution in [0.3, 0.4) is 0 Å². The van der Waals surface area contributed by atoms with Gasteiger partial charge in [-0.1, -0.05) is 12.1 Å². The molecule has 0 fully saturated rings. The van der Waals surface area contributed by atoms with Gasteiger partial charge in [0.15, 0.2) is 17.2 Å². The van der Waals surface area contributed by atoms with Crippen LogP contribution in [0, 0.1) is 13.8 Å². The van der Waals surface area contributed by atoms with Gasteiger partial charge in [0.05, 0.1) is 0 Å². The monoisotopic (exact) mass is 300 g/mol. The molecule has 7 nitrogen and oxygen atoms in total. The van der Waals surface area contributed by atoms with E-state index in [0.717, 1.165) is 5.69 Å². The molecule has 2 aromatic heterocycles. The molecular weight excluding hydrogens is 284 g/mol. The molecule has 7 heteroatoms. The first kappa shape index (κ1) is 14.1. The third-order valence-electron chi connectivity index (χ3n) is 3.26. The third-order valence-corrected chi connectivity index (χ3v) is 3.26. The van der Waals surface area contributed by atoms with E-state index in [9.17, 15) is 4.79 Å². The summed E-state index contributed by atoms with van der Waals surface area (Å²) >= 11 is 0. The fourth-order valence-corrected chi connectivity index (χ4v) is 2.22. The summed E-state index contributed by atoms with van der Waals surface area (Å²) in [6.45, 7) is 5.48. The van der Waals surface area contributed by atoms with E-state index in [0.29, 0.717) is 40.5 Å². The molecule has 0 aliphatic carbocycles. The Morgan fingerprint density at radius 1 is 1.27 bits per heavy atom. The summed E-state index contributed by atoms with van der Waals surface area (Å²) in [7, 11) is 0. The first-order chi connectivity index (χ1) is 10.6. The number of fused-ring (bicyclic) bond motifs is 1. The van der Waals surface area contributed by atoms with Crippen LogP contribution in [-0.4, -0.2) is 16.2 Å². The number of hydrogen-bond donors (Lipinski definition) is 2. The Bertz CT molecular complexity index is 835. The van der Waals surface area contributed by atoms with E-state index in [1.807, 2.05) is 6.92 Å². The quantitative estimate of drug-likeness (QED) is 0.770. The second-order valence-electron chi connectivity index (χ2n) is 4.91. The number of hydrogen-bond acceptors (Lipinski definition) is 5. The lowest BCUT2D eigenvalue weighted by molar-refractivity contribution is 0.262. The van der Waals surface area contributed by atoms with Gasteiger partial charge in [0.1, 0.15) is 16.9 Å². The molecule has 0 saturated carbocycles. The molecule has 0 aliphatic rings. The lowest BCUT2D eigenvalue weighted by Crippen LogP contribution is -2.20. The highest BCUT2D eigenvalue weighted by Gasteiger charge is 2.14. The highest BCUT2D eigenvalue weighted by atomic mass is 16.5. The standard InChI is InChI=1S/C15H16N4O3/c1-4-11-14(8(2)22-19-11)18-15(20)17-10-5-6-13-12(7-10)16-9(3)21-13/h5-7H,4H2,1-3H3,(H2,17,18,20). The van der Waals surface area contributed by atoms with Crippen LogP contribution in [0.1, 0.15) is 24.3 Å². The van der Waals surface area contributed by atoms with Crippen molar-refractivity contribution in [2.24, 2.45) is 0 Å². The van der Waals surface area contributed by atoms with Gasteiger partial charge in [0.25, 0.3) is 0 Å². The number of oxazole rings is 1. The third kappa shape index (κ3) is 2.65. The van der Waals surface area contributed by atoms with E-state index in [4.69, 9.17) is 8.94 Å². The van der Waals surface area contributed by atoms with Gasteiger partial charge in [0.2, 0.25) is 0 Å². The Balaban J connectivity index is 1.76. The van der Waals surface area contributed by atoms with Crippen LogP contribution in [0.15, 0.2) is 27.1 Å². The smallest absolute Gasteiger partial charge is 0.323 e. The number of nitrogens with zero attached hydrogens (tertiary/aromatic N) is 2. The first-order valence-corrected chi connectivity index (χ1v) is 6.97. The van der Waals surface area contributed by atoms with Crippen molar-refractivity contribution in [2.75, 3.05) is 10.6 Å². The molecule has 0 aliphatic heterocycles. The minimum Gasteiger partial charge on any atom is -0.441 e. The Kier molecular flexibility index (Phi) is 3.54. The molecule has 0 atom stereocenters. The van der Waals surface area contributed by atoms with Crippen molar-refractivity contribution in [1.29, 1.82) is 0 Å². The molecule has 2 amide bonds. The fraction of sp³-hybridized carbons (Fsp3) is 0.267. The van der Waals surface area contributed by atoms with Crippen LogP contribution in [0.5, 0.6) is 0 Å². The number of aryl methyl sites for hydroxylation is 3. The molecule has 2 N–H and O–H groups in total. The van der Waals surface area contributed by atoms with E-state index in [-0.39, 0.29) is 6.03 Å². The second kappa shape index (κ2) is 5.51. The van der Waals surface area contributed by atoms with Crippen LogP contribution in [0.25, 0.3) is 11.1 Å². The van der Waals surface area contributed by atoms with E-state index >= 15 is 0 Å². The Morgan fingerprint density at radius 2 is 2.09 bits per heavy atom. The average molecular weight is 300 g/mol. The van der Waals surface area contributed by atoms with Gasteiger partial charge in [0, 0.05) is 12.6 Å². The van der Waals surface area contributed by atoms with Gasteiger partial charge < -0.3 is 19.6 Å². The summed E-state index contributed by atoms with van der Waals surface area (Å²) in [6.07, 6.45) is 0.678. The van der Waals surface area contributed by atoms with Crippen molar-refractivity contribution in [2.45, 2.75) is 27.2 Å². The van der Waals surface area contributed by atoms with Crippen LogP contribution < -0.4 is 10.6 Å². The topological polar surface area (TPSA) is 93.2 Å². The number of anilines is 2. The average Bonchev–Trinajstić information content (AvgIpc) is 3.01. The van der Waals surface area contributed by atoms with E-state index in [1.165, 1.54) is 0 Å². The zero-order valence-electron chi connectivity index (χ0n) is 12.6. The normalized spacial score (nSPS) is 10.9. The lowest BCUT2D eigenvalue weighted by atomic mass is 10.2. The second-order valence-corrected chi connectivity index (χ2v) is 4.91. The van der Waals surface area contributed by atoms with Crippen molar-refractivity contribution >= 4 is 28.5 Å². The lowest BCUT2D eigenvalue weighted by Gasteiger charge is -2.07. The SMILES string of the molecule is CCc1noc(C)c1NC(=O)Nc1ccc2oc(C)nc2c1. The van der Waals surface area contributed by atoms with Gasteiger partial charge in [-0.2, -0.15) is 0 Å². The molecule has 0 unspecified atom stereocenters. The number of rotatable bonds is 3.